The predicted molar refractivity (Wildman–Crippen MR) is 58.8 cm³/mol. The lowest BCUT2D eigenvalue weighted by Crippen LogP contribution is -2.14. The Hall–Kier alpha value is -1.49. The van der Waals surface area contributed by atoms with Crippen molar-refractivity contribution in [1.29, 1.82) is 0 Å². The van der Waals surface area contributed by atoms with E-state index in [1.165, 1.54) is 0 Å². The highest BCUT2D eigenvalue weighted by Crippen LogP contribution is 2.18. The van der Waals surface area contributed by atoms with Crippen molar-refractivity contribution in [2.45, 2.75) is 13.3 Å². The van der Waals surface area contributed by atoms with Crippen molar-refractivity contribution >= 4 is 5.78 Å². The molecule has 0 saturated carbocycles. The van der Waals surface area contributed by atoms with Gasteiger partial charge in [-0.2, -0.15) is 0 Å². The number of carbonyl (C=O) groups is 1. The molecule has 0 radical (unpaired) electrons. The molecule has 0 heterocycles. The van der Waals surface area contributed by atoms with Gasteiger partial charge in [-0.3, -0.25) is 4.79 Å². The van der Waals surface area contributed by atoms with Gasteiger partial charge in [0, 0.05) is 0 Å². The molecule has 0 saturated heterocycles. The lowest BCUT2D eigenvalue weighted by molar-refractivity contribution is 0.0195. The molecule has 5 heteroatoms. The Labute approximate surface area is 98.3 Å². The molecule has 0 fully saturated rings. The number of halogens is 2. The van der Waals surface area contributed by atoms with Gasteiger partial charge >= 0.3 is 0 Å². The Morgan fingerprint density at radius 2 is 2.06 bits per heavy atom. The monoisotopic (exact) mass is 244 g/mol. The van der Waals surface area contributed by atoms with Gasteiger partial charge in [-0.15, -0.1) is 0 Å². The fraction of sp³-hybridized carbons (Fsp3) is 0.417. The van der Waals surface area contributed by atoms with Gasteiger partial charge in [-0.05, 0) is 19.1 Å². The van der Waals surface area contributed by atoms with Gasteiger partial charge in [0.15, 0.2) is 5.78 Å². The van der Waals surface area contributed by atoms with Crippen molar-refractivity contribution in [3.05, 3.63) is 29.8 Å². The van der Waals surface area contributed by atoms with Gasteiger partial charge in [0.1, 0.15) is 19.0 Å². The second kappa shape index (κ2) is 6.96. The number of ketones is 1. The summed E-state index contributed by atoms with van der Waals surface area (Å²) in [4.78, 5) is 11.7. The summed E-state index contributed by atoms with van der Waals surface area (Å²) in [5.74, 6) is 0.0790. The van der Waals surface area contributed by atoms with Crippen LogP contribution in [0.1, 0.15) is 17.3 Å². The molecular weight excluding hydrogens is 230 g/mol. The number of hydrogen-bond acceptors (Lipinski definition) is 3. The number of hydrogen-bond donors (Lipinski definition) is 0. The van der Waals surface area contributed by atoms with Crippen LogP contribution in [0.25, 0.3) is 0 Å². The van der Waals surface area contributed by atoms with E-state index in [1.54, 1.807) is 31.2 Å². The summed E-state index contributed by atoms with van der Waals surface area (Å²) in [7, 11) is 0. The van der Waals surface area contributed by atoms with E-state index in [0.717, 1.165) is 0 Å². The molecule has 0 bridgehead atoms. The van der Waals surface area contributed by atoms with Crippen molar-refractivity contribution in [2.75, 3.05) is 19.8 Å². The first kappa shape index (κ1) is 13.6. The molecule has 0 amide bonds. The van der Waals surface area contributed by atoms with Crippen LogP contribution in [0.3, 0.4) is 0 Å². The Kier molecular flexibility index (Phi) is 5.56. The summed E-state index contributed by atoms with van der Waals surface area (Å²) in [6.45, 7) is 1.13. The molecule has 3 nitrogen and oxygen atoms in total. The average molecular weight is 244 g/mol. The zero-order valence-corrected chi connectivity index (χ0v) is 9.49. The summed E-state index contributed by atoms with van der Waals surface area (Å²) in [5, 5.41) is 0. The molecule has 0 atom stereocenters. The van der Waals surface area contributed by atoms with Gasteiger partial charge in [0.2, 0.25) is 0 Å². The molecule has 1 aromatic rings. The Morgan fingerprint density at radius 3 is 2.71 bits per heavy atom. The van der Waals surface area contributed by atoms with Crippen LogP contribution in [0, 0.1) is 0 Å². The van der Waals surface area contributed by atoms with Crippen molar-refractivity contribution in [3.8, 4) is 5.75 Å². The summed E-state index contributed by atoms with van der Waals surface area (Å²) in [5.41, 5.74) is 0.351. The van der Waals surface area contributed by atoms with Gasteiger partial charge in [-0.1, -0.05) is 12.1 Å². The predicted octanol–water partition coefficient (Wildman–Crippen LogP) is 2.55. The number of alkyl halides is 2. The SMILES string of the molecule is CCOc1ccccc1C(=O)COCC(F)F. The molecule has 0 aromatic heterocycles. The first-order valence-electron chi connectivity index (χ1n) is 5.26. The van der Waals surface area contributed by atoms with E-state index in [2.05, 4.69) is 4.74 Å². The first-order chi connectivity index (χ1) is 8.15. The molecule has 1 rings (SSSR count). The Bertz CT molecular complexity index is 367. The normalized spacial score (nSPS) is 10.6. The number of carbonyl (C=O) groups excluding carboxylic acids is 1. The van der Waals surface area contributed by atoms with Crippen LogP contribution in [-0.2, 0) is 4.74 Å². The highest BCUT2D eigenvalue weighted by molar-refractivity contribution is 5.99. The van der Waals surface area contributed by atoms with E-state index in [9.17, 15) is 13.6 Å². The average Bonchev–Trinajstić information content (AvgIpc) is 2.29. The topological polar surface area (TPSA) is 35.5 Å². The number of para-hydroxylation sites is 1. The number of benzene rings is 1. The molecule has 94 valence electrons. The summed E-state index contributed by atoms with van der Waals surface area (Å²) < 4.78 is 33.5. The smallest absolute Gasteiger partial charge is 0.261 e. The lowest BCUT2D eigenvalue weighted by atomic mass is 10.1. The molecule has 0 unspecified atom stereocenters. The zero-order chi connectivity index (χ0) is 12.7. The van der Waals surface area contributed by atoms with Crippen LogP contribution in [0.4, 0.5) is 8.78 Å². The third kappa shape index (κ3) is 4.48. The van der Waals surface area contributed by atoms with Crippen LogP contribution in [0.15, 0.2) is 24.3 Å². The summed E-state index contributed by atoms with van der Waals surface area (Å²) in [6.07, 6.45) is -2.56. The van der Waals surface area contributed by atoms with Crippen molar-refractivity contribution in [1.82, 2.24) is 0 Å². The van der Waals surface area contributed by atoms with Crippen LogP contribution >= 0.6 is 0 Å². The largest absolute Gasteiger partial charge is 0.493 e. The molecule has 0 aliphatic heterocycles. The van der Waals surface area contributed by atoms with Gasteiger partial charge in [-0.25, -0.2) is 8.78 Å². The summed E-state index contributed by atoms with van der Waals surface area (Å²) >= 11 is 0. The number of rotatable bonds is 7. The van der Waals surface area contributed by atoms with Crippen molar-refractivity contribution in [3.63, 3.8) is 0 Å². The second-order valence-corrected chi connectivity index (χ2v) is 3.26. The fourth-order valence-corrected chi connectivity index (χ4v) is 1.30. The molecule has 0 aliphatic rings. The zero-order valence-electron chi connectivity index (χ0n) is 9.49. The highest BCUT2D eigenvalue weighted by Gasteiger charge is 2.13. The third-order valence-electron chi connectivity index (χ3n) is 1.96. The molecular formula is C12H14F2O3. The van der Waals surface area contributed by atoms with Crippen LogP contribution in [0.5, 0.6) is 5.75 Å². The van der Waals surface area contributed by atoms with E-state index in [4.69, 9.17) is 4.74 Å². The Morgan fingerprint density at radius 1 is 1.35 bits per heavy atom. The van der Waals surface area contributed by atoms with Gasteiger partial charge in [0.05, 0.1) is 12.2 Å². The fourth-order valence-electron chi connectivity index (χ4n) is 1.30. The van der Waals surface area contributed by atoms with E-state index >= 15 is 0 Å². The standard InChI is InChI=1S/C12H14F2O3/c1-2-17-11-6-4-3-5-9(11)10(15)7-16-8-12(13)14/h3-6,12H,2,7-8H2,1H3. The summed E-state index contributed by atoms with van der Waals surface area (Å²) in [6, 6.07) is 6.66. The third-order valence-corrected chi connectivity index (χ3v) is 1.96. The number of Topliss-reactive ketones (excluding diaryl/α,β-unsaturated/α-hetero) is 1. The molecule has 17 heavy (non-hydrogen) atoms. The quantitative estimate of drug-likeness (QED) is 0.691. The maximum absolute atomic E-state index is 11.8. The van der Waals surface area contributed by atoms with E-state index in [1.807, 2.05) is 0 Å². The maximum Gasteiger partial charge on any atom is 0.261 e. The lowest BCUT2D eigenvalue weighted by Gasteiger charge is -2.09. The molecule has 1 aromatic carbocycles. The van der Waals surface area contributed by atoms with E-state index in [-0.39, 0.29) is 12.4 Å². The minimum atomic E-state index is -2.56. The van der Waals surface area contributed by atoms with Crippen LogP contribution < -0.4 is 4.74 Å². The van der Waals surface area contributed by atoms with Crippen LogP contribution in [0.2, 0.25) is 0 Å². The minimum Gasteiger partial charge on any atom is -0.493 e. The molecule has 0 N–H and O–H groups in total. The van der Waals surface area contributed by atoms with Crippen molar-refractivity contribution in [2.24, 2.45) is 0 Å². The van der Waals surface area contributed by atoms with Crippen molar-refractivity contribution < 1.29 is 23.0 Å². The minimum absolute atomic E-state index is 0.351. The molecule has 0 spiro atoms. The van der Waals surface area contributed by atoms with Gasteiger partial charge < -0.3 is 9.47 Å². The van der Waals surface area contributed by atoms with E-state index < -0.39 is 13.0 Å². The number of ether oxygens (including phenoxy) is 2. The van der Waals surface area contributed by atoms with Crippen LogP contribution in [-0.4, -0.2) is 32.0 Å². The first-order valence-corrected chi connectivity index (χ1v) is 5.26. The second-order valence-electron chi connectivity index (χ2n) is 3.26. The van der Waals surface area contributed by atoms with Gasteiger partial charge in [0.25, 0.3) is 6.43 Å². The maximum atomic E-state index is 11.8. The van der Waals surface area contributed by atoms with E-state index in [0.29, 0.717) is 17.9 Å². The Balaban J connectivity index is 2.61. The highest BCUT2D eigenvalue weighted by atomic mass is 19.3. The molecule has 0 aliphatic carbocycles.